The number of allylic oxidation sites excluding steroid dienone is 1. The number of carbonyl (C=O) groups excluding carboxylic acids is 4. The fourth-order valence-electron chi connectivity index (χ4n) is 11.7. The quantitative estimate of drug-likeness (QED) is 0.0702. The van der Waals surface area contributed by atoms with E-state index in [9.17, 15) is 24.3 Å². The number of amides is 2. The van der Waals surface area contributed by atoms with Crippen LogP contribution in [0.1, 0.15) is 180 Å². The number of aliphatic hydroxyl groups is 1. The lowest BCUT2D eigenvalue weighted by atomic mass is 9.52. The Hall–Kier alpha value is -4.36. The maximum Gasteiger partial charge on any atom is 0.338 e. The number of unbranched alkanes of at least 4 members (excludes halogenated alkanes) is 4. The zero-order valence-corrected chi connectivity index (χ0v) is 44.3. The number of ether oxygens (including phenoxy) is 5. The summed E-state index contributed by atoms with van der Waals surface area (Å²) in [7, 11) is 1.60. The van der Waals surface area contributed by atoms with Gasteiger partial charge in [0.15, 0.2) is 5.79 Å². The molecule has 1 unspecified atom stereocenters. The van der Waals surface area contributed by atoms with E-state index in [2.05, 4.69) is 46.0 Å². The first-order valence-electron chi connectivity index (χ1n) is 27.0. The van der Waals surface area contributed by atoms with Crippen LogP contribution in [-0.2, 0) is 44.5 Å². The summed E-state index contributed by atoms with van der Waals surface area (Å²) in [6.07, 6.45) is 15.5. The highest BCUT2D eigenvalue weighted by Gasteiger charge is 2.56. The third-order valence-corrected chi connectivity index (χ3v) is 16.0. The average molecular weight is 981 g/mol. The van der Waals surface area contributed by atoms with Gasteiger partial charge in [0, 0.05) is 44.7 Å². The minimum absolute atomic E-state index is 0.00538. The van der Waals surface area contributed by atoms with Crippen LogP contribution in [0.5, 0.6) is 0 Å². The summed E-state index contributed by atoms with van der Waals surface area (Å²) >= 11 is 0. The Bertz CT molecular complexity index is 2200. The molecule has 9 atom stereocenters. The van der Waals surface area contributed by atoms with Crippen molar-refractivity contribution < 1.29 is 48.0 Å². The fourth-order valence-corrected chi connectivity index (χ4v) is 11.7. The SMILES string of the molecule is CCCCCC1(CCCCC)O[C@@H]2[C@@H](C=C(C(=O)N(C)[C@H](Cc3ccccc3)C(=O)N[C@H](CO)CCC(=O)OC(C)(C)C)C[C@H]2OC(=O)c2ccc(C=C3CCC4O[C@]4(C)CC[C@@H]4[C@@H]3CC4(C)C)cc2)O1. The van der Waals surface area contributed by atoms with Crippen molar-refractivity contribution in [2.75, 3.05) is 13.7 Å². The van der Waals surface area contributed by atoms with Gasteiger partial charge in [-0.25, -0.2) is 4.79 Å². The average Bonchev–Trinajstić information content (AvgIpc) is 3.81. The Morgan fingerprint density at radius 3 is 2.24 bits per heavy atom. The normalized spacial score (nSPS) is 27.7. The van der Waals surface area contributed by atoms with E-state index >= 15 is 0 Å². The first-order valence-corrected chi connectivity index (χ1v) is 27.0. The van der Waals surface area contributed by atoms with E-state index in [-0.39, 0.29) is 31.3 Å². The molecule has 5 aliphatic rings. The molecular formula is C59H84N2O10. The summed E-state index contributed by atoms with van der Waals surface area (Å²) in [5, 5.41) is 13.2. The van der Waals surface area contributed by atoms with Crippen LogP contribution in [0.4, 0.5) is 0 Å². The van der Waals surface area contributed by atoms with Gasteiger partial charge in [-0.3, -0.25) is 14.4 Å². The van der Waals surface area contributed by atoms with Gasteiger partial charge in [0.25, 0.3) is 0 Å². The number of rotatable bonds is 21. The van der Waals surface area contributed by atoms with E-state index in [1.54, 1.807) is 27.8 Å². The smallest absolute Gasteiger partial charge is 0.338 e. The molecule has 71 heavy (non-hydrogen) atoms. The van der Waals surface area contributed by atoms with Gasteiger partial charge in [-0.2, -0.15) is 0 Å². The van der Waals surface area contributed by atoms with Gasteiger partial charge in [-0.15, -0.1) is 0 Å². The Balaban J connectivity index is 1.12. The van der Waals surface area contributed by atoms with Gasteiger partial charge in [-0.1, -0.05) is 107 Å². The Labute approximate surface area is 424 Å². The first-order chi connectivity index (χ1) is 33.8. The van der Waals surface area contributed by atoms with E-state index < -0.39 is 72.1 Å². The monoisotopic (exact) mass is 981 g/mol. The molecule has 2 aromatic carbocycles. The molecule has 0 spiro atoms. The van der Waals surface area contributed by atoms with Crippen molar-refractivity contribution in [3.05, 3.63) is 88.5 Å². The van der Waals surface area contributed by atoms with Crippen molar-refractivity contribution in [2.45, 2.75) is 218 Å². The molecular weight excluding hydrogens is 897 g/mol. The highest BCUT2D eigenvalue weighted by molar-refractivity contribution is 5.97. The molecule has 0 radical (unpaired) electrons. The number of epoxide rings is 1. The molecule has 2 aromatic rings. The number of aliphatic hydroxyl groups excluding tert-OH is 1. The number of likely N-dealkylation sites (N-methyl/N-ethyl adjacent to an activating group) is 1. The third kappa shape index (κ3) is 13.8. The zero-order chi connectivity index (χ0) is 51.1. The Kier molecular flexibility index (Phi) is 17.8. The molecule has 4 fully saturated rings. The van der Waals surface area contributed by atoms with Crippen molar-refractivity contribution >= 4 is 29.8 Å². The second-order valence-corrected chi connectivity index (χ2v) is 23.2. The highest BCUT2D eigenvalue weighted by atomic mass is 16.8. The summed E-state index contributed by atoms with van der Waals surface area (Å²) in [6.45, 7) is 16.3. The van der Waals surface area contributed by atoms with Gasteiger partial charge in [0.05, 0.1) is 29.9 Å². The molecule has 0 aromatic heterocycles. The molecule has 2 saturated heterocycles. The van der Waals surface area contributed by atoms with E-state index in [4.69, 9.17) is 23.7 Å². The number of hydrogen-bond acceptors (Lipinski definition) is 10. The molecule has 0 bridgehead atoms. The fraction of sp³-hybridized carbons (Fsp3) is 0.661. The zero-order valence-electron chi connectivity index (χ0n) is 44.3. The number of fused-ring (bicyclic) bond motifs is 3. The van der Waals surface area contributed by atoms with Gasteiger partial charge in [-0.05, 0) is 126 Å². The molecule has 2 heterocycles. The van der Waals surface area contributed by atoms with Crippen molar-refractivity contribution in [1.29, 1.82) is 0 Å². The molecule has 2 N–H and O–H groups in total. The molecule has 390 valence electrons. The predicted octanol–water partition coefficient (Wildman–Crippen LogP) is 10.6. The molecule has 2 saturated carbocycles. The van der Waals surface area contributed by atoms with Crippen molar-refractivity contribution in [3.63, 3.8) is 0 Å². The second-order valence-electron chi connectivity index (χ2n) is 23.2. The van der Waals surface area contributed by atoms with Crippen LogP contribution in [0.2, 0.25) is 0 Å². The number of carbonyl (C=O) groups is 4. The molecule has 12 nitrogen and oxygen atoms in total. The van der Waals surface area contributed by atoms with Crippen LogP contribution in [-0.4, -0.2) is 101 Å². The lowest BCUT2D eigenvalue weighted by Crippen LogP contribution is -2.53. The first kappa shape index (κ1) is 54.4. The lowest BCUT2D eigenvalue weighted by molar-refractivity contribution is -0.190. The minimum Gasteiger partial charge on any atom is -0.460 e. The van der Waals surface area contributed by atoms with E-state index in [0.717, 1.165) is 68.9 Å². The molecule has 3 aliphatic carbocycles. The van der Waals surface area contributed by atoms with Crippen LogP contribution >= 0.6 is 0 Å². The van der Waals surface area contributed by atoms with Crippen molar-refractivity contribution in [1.82, 2.24) is 10.2 Å². The predicted molar refractivity (Wildman–Crippen MR) is 275 cm³/mol. The summed E-state index contributed by atoms with van der Waals surface area (Å²) in [5.41, 5.74) is 3.78. The van der Waals surface area contributed by atoms with Crippen LogP contribution in [0, 0.1) is 17.3 Å². The summed E-state index contributed by atoms with van der Waals surface area (Å²) in [6, 6.07) is 15.3. The highest BCUT2D eigenvalue weighted by Crippen LogP contribution is 2.60. The summed E-state index contributed by atoms with van der Waals surface area (Å²) in [4.78, 5) is 57.5. The maximum absolute atomic E-state index is 14.9. The Morgan fingerprint density at radius 2 is 1.61 bits per heavy atom. The topological polar surface area (TPSA) is 153 Å². The molecule has 2 amide bonds. The van der Waals surface area contributed by atoms with E-state index in [1.807, 2.05) is 60.7 Å². The van der Waals surface area contributed by atoms with Crippen LogP contribution in [0.25, 0.3) is 6.08 Å². The van der Waals surface area contributed by atoms with Crippen LogP contribution < -0.4 is 5.32 Å². The number of benzene rings is 2. The van der Waals surface area contributed by atoms with Crippen LogP contribution in [0.3, 0.4) is 0 Å². The van der Waals surface area contributed by atoms with Gasteiger partial charge >= 0.3 is 11.9 Å². The summed E-state index contributed by atoms with van der Waals surface area (Å²) in [5.74, 6) is -1.55. The van der Waals surface area contributed by atoms with Crippen LogP contribution in [0.15, 0.2) is 71.8 Å². The minimum atomic E-state index is -0.993. The van der Waals surface area contributed by atoms with E-state index in [0.29, 0.717) is 47.3 Å². The van der Waals surface area contributed by atoms with Gasteiger partial charge in [0.1, 0.15) is 30.0 Å². The second kappa shape index (κ2) is 23.2. The number of nitrogens with one attached hydrogen (secondary N) is 1. The largest absolute Gasteiger partial charge is 0.460 e. The number of nitrogens with zero attached hydrogens (tertiary/aromatic N) is 1. The maximum atomic E-state index is 14.9. The summed E-state index contributed by atoms with van der Waals surface area (Å²) < 4.78 is 32.0. The third-order valence-electron chi connectivity index (χ3n) is 16.0. The molecule has 12 heteroatoms. The number of hydrogen-bond donors (Lipinski definition) is 2. The van der Waals surface area contributed by atoms with Gasteiger partial charge < -0.3 is 39.0 Å². The molecule has 7 rings (SSSR count). The lowest BCUT2D eigenvalue weighted by Gasteiger charge is -2.53. The Morgan fingerprint density at radius 1 is 0.915 bits per heavy atom. The van der Waals surface area contributed by atoms with Gasteiger partial charge in [0.2, 0.25) is 11.8 Å². The standard InChI is InChI=1S/C59H84N2O10/c1-10-12-17-30-59(31-18-13-11-2)68-49-36-43(54(65)61(9)47(34-39-19-15-14-16-20-39)53(64)60-44(38-62)26-28-51(63)70-56(3,4)5)35-48(52(49)71-59)67-55(66)41-23-21-40(22-24-41)33-42-25-27-50-58(8,69-50)32-29-46-45(42)37-57(46,6)7/h14-16,19-24,33,36,44-50,52,62H,10-13,17-18,25-32,34-35,37-38H2,1-9H3,(H,60,64)/t44-,45+,46+,47+,48+,49+,50?,52-,58+/m0/s1. The van der Waals surface area contributed by atoms with E-state index in [1.165, 1.54) is 23.3 Å². The molecule has 2 aliphatic heterocycles. The number of esters is 2. The van der Waals surface area contributed by atoms with Crippen molar-refractivity contribution in [3.8, 4) is 0 Å². The van der Waals surface area contributed by atoms with Crippen molar-refractivity contribution in [2.24, 2.45) is 17.3 Å².